The van der Waals surface area contributed by atoms with Gasteiger partial charge < -0.3 is 10.2 Å². The molecule has 2 aromatic rings. The van der Waals surface area contributed by atoms with E-state index in [0.29, 0.717) is 18.0 Å². The minimum atomic E-state index is 0.592. The third-order valence-corrected chi connectivity index (χ3v) is 5.43. The zero-order chi connectivity index (χ0) is 14.9. The number of nitrogens with zero attached hydrogens (tertiary/aromatic N) is 1. The van der Waals surface area contributed by atoms with E-state index in [1.807, 2.05) is 0 Å². The van der Waals surface area contributed by atoms with Crippen LogP contribution in [0.3, 0.4) is 0 Å². The number of benzene rings is 2. The van der Waals surface area contributed by atoms with E-state index in [2.05, 4.69) is 71.9 Å². The van der Waals surface area contributed by atoms with Gasteiger partial charge >= 0.3 is 0 Å². The van der Waals surface area contributed by atoms with Crippen LogP contribution in [-0.2, 0) is 6.54 Å². The average molecular weight is 292 g/mol. The van der Waals surface area contributed by atoms with Crippen LogP contribution in [0.25, 0.3) is 0 Å². The predicted octanol–water partition coefficient (Wildman–Crippen LogP) is 3.93. The lowest BCUT2D eigenvalue weighted by Gasteiger charge is -2.40. The fraction of sp³-hybridized carbons (Fsp3) is 0.400. The molecule has 1 N–H and O–H groups in total. The van der Waals surface area contributed by atoms with Crippen molar-refractivity contribution < 1.29 is 0 Å². The minimum Gasteiger partial charge on any atom is -0.362 e. The fourth-order valence-corrected chi connectivity index (χ4v) is 4.46. The number of rotatable bonds is 3. The van der Waals surface area contributed by atoms with Gasteiger partial charge in [0.25, 0.3) is 0 Å². The van der Waals surface area contributed by atoms with Crippen LogP contribution in [0.1, 0.15) is 36.3 Å². The maximum Gasteiger partial charge on any atom is 0.0516 e. The van der Waals surface area contributed by atoms with E-state index in [0.717, 1.165) is 6.54 Å². The molecule has 2 nitrogen and oxygen atoms in total. The number of fused-ring (bicyclic) bond motifs is 3. The summed E-state index contributed by atoms with van der Waals surface area (Å²) in [5.74, 6) is 0.686. The summed E-state index contributed by atoms with van der Waals surface area (Å²) in [4.78, 5) is 2.65. The van der Waals surface area contributed by atoms with Crippen molar-refractivity contribution in [3.8, 4) is 0 Å². The van der Waals surface area contributed by atoms with Gasteiger partial charge in [0.1, 0.15) is 0 Å². The summed E-state index contributed by atoms with van der Waals surface area (Å²) in [6.07, 6.45) is 3.95. The predicted molar refractivity (Wildman–Crippen MR) is 92.3 cm³/mol. The largest absolute Gasteiger partial charge is 0.362 e. The van der Waals surface area contributed by atoms with Crippen molar-refractivity contribution in [1.29, 1.82) is 0 Å². The summed E-state index contributed by atoms with van der Waals surface area (Å²) >= 11 is 0. The SMILES string of the molecule is CN[C@H]1CCC[C@H]2c3ccccc3N(Cc3ccccc3)[C@@H]12. The third kappa shape index (κ3) is 2.22. The molecule has 1 heterocycles. The molecule has 0 radical (unpaired) electrons. The Bertz CT molecular complexity index is 637. The second-order valence-corrected chi connectivity index (χ2v) is 6.60. The van der Waals surface area contributed by atoms with Gasteiger partial charge in [-0.05, 0) is 37.1 Å². The zero-order valence-electron chi connectivity index (χ0n) is 13.2. The first-order chi connectivity index (χ1) is 10.9. The van der Waals surface area contributed by atoms with E-state index in [1.54, 1.807) is 5.56 Å². The van der Waals surface area contributed by atoms with Crippen LogP contribution in [-0.4, -0.2) is 19.1 Å². The van der Waals surface area contributed by atoms with Crippen LogP contribution < -0.4 is 10.2 Å². The molecule has 0 bridgehead atoms. The summed E-state index contributed by atoms with van der Waals surface area (Å²) in [5, 5.41) is 3.58. The van der Waals surface area contributed by atoms with Crippen molar-refractivity contribution in [3.63, 3.8) is 0 Å². The van der Waals surface area contributed by atoms with Gasteiger partial charge in [0.2, 0.25) is 0 Å². The third-order valence-electron chi connectivity index (χ3n) is 5.43. The van der Waals surface area contributed by atoms with Gasteiger partial charge in [-0.25, -0.2) is 0 Å². The summed E-state index contributed by atoms with van der Waals surface area (Å²) in [5.41, 5.74) is 4.41. The van der Waals surface area contributed by atoms with Crippen LogP contribution in [0, 0.1) is 0 Å². The monoisotopic (exact) mass is 292 g/mol. The second kappa shape index (κ2) is 5.77. The van der Waals surface area contributed by atoms with Crippen molar-refractivity contribution in [1.82, 2.24) is 5.32 Å². The molecule has 0 spiro atoms. The first-order valence-electron chi connectivity index (χ1n) is 8.45. The Kier molecular flexibility index (Phi) is 3.63. The van der Waals surface area contributed by atoms with Gasteiger partial charge in [0.05, 0.1) is 6.04 Å². The molecular formula is C20H24N2. The maximum absolute atomic E-state index is 3.58. The normalized spacial score (nSPS) is 26.6. The Morgan fingerprint density at radius 3 is 2.59 bits per heavy atom. The van der Waals surface area contributed by atoms with E-state index in [4.69, 9.17) is 0 Å². The average Bonchev–Trinajstić information content (AvgIpc) is 2.90. The Morgan fingerprint density at radius 2 is 1.77 bits per heavy atom. The summed E-state index contributed by atoms with van der Waals surface area (Å²) in [6, 6.07) is 21.1. The molecule has 1 aliphatic carbocycles. The van der Waals surface area contributed by atoms with Crippen LogP contribution in [0.4, 0.5) is 5.69 Å². The highest BCUT2D eigenvalue weighted by Gasteiger charge is 2.43. The highest BCUT2D eigenvalue weighted by Crippen LogP contribution is 2.48. The lowest BCUT2D eigenvalue weighted by Crippen LogP contribution is -2.51. The molecule has 0 aromatic heterocycles. The molecule has 4 rings (SSSR count). The smallest absolute Gasteiger partial charge is 0.0516 e. The van der Waals surface area contributed by atoms with Crippen LogP contribution in [0.15, 0.2) is 54.6 Å². The summed E-state index contributed by atoms with van der Waals surface area (Å²) < 4.78 is 0. The second-order valence-electron chi connectivity index (χ2n) is 6.60. The van der Waals surface area contributed by atoms with Gasteiger partial charge in [0, 0.05) is 24.2 Å². The lowest BCUT2D eigenvalue weighted by atomic mass is 9.79. The topological polar surface area (TPSA) is 15.3 Å². The molecule has 0 saturated heterocycles. The van der Waals surface area contributed by atoms with Crippen LogP contribution >= 0.6 is 0 Å². The fourth-order valence-electron chi connectivity index (χ4n) is 4.46. The highest BCUT2D eigenvalue weighted by molar-refractivity contribution is 5.63. The number of hydrogen-bond acceptors (Lipinski definition) is 2. The van der Waals surface area contributed by atoms with Gasteiger partial charge in [0.15, 0.2) is 0 Å². The molecular weight excluding hydrogens is 268 g/mol. The molecule has 0 unspecified atom stereocenters. The molecule has 22 heavy (non-hydrogen) atoms. The standard InChI is InChI=1S/C20H24N2/c1-21-18-12-7-11-17-16-10-5-6-13-19(16)22(20(17)18)14-15-8-3-2-4-9-15/h2-6,8-10,13,17-18,20-21H,7,11-12,14H2,1H3/t17-,18-,20+/m0/s1. The maximum atomic E-state index is 3.58. The zero-order valence-corrected chi connectivity index (χ0v) is 13.2. The molecule has 114 valence electrons. The first-order valence-corrected chi connectivity index (χ1v) is 8.45. The Morgan fingerprint density at radius 1 is 1.00 bits per heavy atom. The van der Waals surface area contributed by atoms with Gasteiger partial charge in [-0.15, -0.1) is 0 Å². The van der Waals surface area contributed by atoms with Gasteiger partial charge in [-0.2, -0.15) is 0 Å². The highest BCUT2D eigenvalue weighted by atomic mass is 15.2. The Balaban J connectivity index is 1.73. The molecule has 1 saturated carbocycles. The number of anilines is 1. The quantitative estimate of drug-likeness (QED) is 0.922. The number of hydrogen-bond donors (Lipinski definition) is 1. The van der Waals surface area contributed by atoms with E-state index < -0.39 is 0 Å². The summed E-state index contributed by atoms with van der Waals surface area (Å²) in [6.45, 7) is 1.01. The molecule has 1 aliphatic heterocycles. The first kappa shape index (κ1) is 13.8. The molecule has 2 aromatic carbocycles. The van der Waals surface area contributed by atoms with E-state index in [-0.39, 0.29) is 0 Å². The van der Waals surface area contributed by atoms with Gasteiger partial charge in [-0.3, -0.25) is 0 Å². The Labute approximate surface area is 133 Å². The minimum absolute atomic E-state index is 0.592. The Hall–Kier alpha value is -1.80. The van der Waals surface area contributed by atoms with Crippen molar-refractivity contribution in [3.05, 3.63) is 65.7 Å². The molecule has 2 aliphatic rings. The van der Waals surface area contributed by atoms with Crippen molar-refractivity contribution in [2.24, 2.45) is 0 Å². The number of para-hydroxylation sites is 1. The molecule has 0 amide bonds. The van der Waals surface area contributed by atoms with E-state index in [9.17, 15) is 0 Å². The van der Waals surface area contributed by atoms with E-state index >= 15 is 0 Å². The lowest BCUT2D eigenvalue weighted by molar-refractivity contribution is 0.306. The van der Waals surface area contributed by atoms with Crippen molar-refractivity contribution in [2.45, 2.75) is 43.8 Å². The number of nitrogens with one attached hydrogen (secondary N) is 1. The molecule has 2 heteroatoms. The van der Waals surface area contributed by atoms with Crippen LogP contribution in [0.2, 0.25) is 0 Å². The summed E-state index contributed by atoms with van der Waals surface area (Å²) in [7, 11) is 2.12. The number of likely N-dealkylation sites (N-methyl/N-ethyl adjacent to an activating group) is 1. The molecule has 1 fully saturated rings. The van der Waals surface area contributed by atoms with Gasteiger partial charge in [-0.1, -0.05) is 55.0 Å². The van der Waals surface area contributed by atoms with Crippen molar-refractivity contribution >= 4 is 5.69 Å². The van der Waals surface area contributed by atoms with Crippen LogP contribution in [0.5, 0.6) is 0 Å². The van der Waals surface area contributed by atoms with E-state index in [1.165, 1.54) is 30.5 Å². The molecule has 3 atom stereocenters. The van der Waals surface area contributed by atoms with Crippen molar-refractivity contribution in [2.75, 3.05) is 11.9 Å².